The van der Waals surface area contributed by atoms with E-state index in [9.17, 15) is 19.2 Å². The molecule has 1 atom stereocenters. The number of hydrogen-bond donors (Lipinski definition) is 3. The molecule has 1 fully saturated rings. The third kappa shape index (κ3) is 10.1. The van der Waals surface area contributed by atoms with Crippen molar-refractivity contribution in [1.82, 2.24) is 10.6 Å². The first-order valence-corrected chi connectivity index (χ1v) is 15.4. The lowest BCUT2D eigenvalue weighted by Crippen LogP contribution is -2.39. The van der Waals surface area contributed by atoms with Gasteiger partial charge < -0.3 is 29.0 Å². The molecule has 1 aliphatic carbocycles. The van der Waals surface area contributed by atoms with Crippen LogP contribution in [0.4, 0.5) is 9.59 Å². The van der Waals surface area contributed by atoms with Crippen LogP contribution >= 0.6 is 0 Å². The van der Waals surface area contributed by atoms with Crippen molar-refractivity contribution in [3.8, 4) is 16.9 Å². The van der Waals surface area contributed by atoms with E-state index in [1.807, 2.05) is 36.4 Å². The minimum Gasteiger partial charge on any atom is -0.496 e. The molecule has 4 rings (SSSR count). The van der Waals surface area contributed by atoms with E-state index in [2.05, 4.69) is 10.6 Å². The molecule has 2 amide bonds. The lowest BCUT2D eigenvalue weighted by Gasteiger charge is -2.28. The van der Waals surface area contributed by atoms with E-state index in [0.717, 1.165) is 16.7 Å². The highest BCUT2D eigenvalue weighted by atomic mass is 16.8. The molecule has 0 aromatic heterocycles. The predicted octanol–water partition coefficient (Wildman–Crippen LogP) is 5.96. The van der Waals surface area contributed by atoms with Gasteiger partial charge in [-0.3, -0.25) is 20.3 Å². The Hall–Kier alpha value is -5.39. The number of benzene rings is 3. The molecule has 0 radical (unpaired) electrons. The molecule has 0 saturated heterocycles. The maximum Gasteiger partial charge on any atom is 0.511 e. The average molecular weight is 646 g/mol. The van der Waals surface area contributed by atoms with Crippen molar-refractivity contribution in [2.75, 3.05) is 13.7 Å². The summed E-state index contributed by atoms with van der Waals surface area (Å²) in [4.78, 5) is 49.5. The van der Waals surface area contributed by atoms with Crippen LogP contribution in [-0.2, 0) is 30.3 Å². The van der Waals surface area contributed by atoms with Gasteiger partial charge in [0.15, 0.2) is 0 Å². The fourth-order valence-corrected chi connectivity index (χ4v) is 5.14. The van der Waals surface area contributed by atoms with Crippen LogP contribution in [0.15, 0.2) is 72.8 Å². The number of methoxy groups -OCH3 is 1. The Morgan fingerprint density at radius 1 is 0.872 bits per heavy atom. The Morgan fingerprint density at radius 3 is 2.21 bits per heavy atom. The van der Waals surface area contributed by atoms with E-state index in [-0.39, 0.29) is 36.9 Å². The largest absolute Gasteiger partial charge is 0.511 e. The molecule has 1 saturated carbocycles. The Balaban J connectivity index is 1.30. The van der Waals surface area contributed by atoms with Crippen LogP contribution in [0.3, 0.4) is 0 Å². The molecule has 1 aliphatic rings. The zero-order valence-electron chi connectivity index (χ0n) is 26.6. The van der Waals surface area contributed by atoms with Crippen LogP contribution in [0, 0.1) is 11.3 Å². The minimum atomic E-state index is -1.06. The van der Waals surface area contributed by atoms with Gasteiger partial charge in [-0.1, -0.05) is 60.7 Å². The van der Waals surface area contributed by atoms with Gasteiger partial charge in [-0.05, 0) is 61.4 Å². The molecule has 0 spiro atoms. The predicted molar refractivity (Wildman–Crippen MR) is 172 cm³/mol. The summed E-state index contributed by atoms with van der Waals surface area (Å²) >= 11 is 0. The van der Waals surface area contributed by atoms with Gasteiger partial charge in [0.2, 0.25) is 6.29 Å². The molecule has 0 aliphatic heterocycles. The van der Waals surface area contributed by atoms with Crippen molar-refractivity contribution in [2.45, 2.75) is 58.5 Å². The van der Waals surface area contributed by atoms with E-state index in [1.54, 1.807) is 43.3 Å². The van der Waals surface area contributed by atoms with E-state index in [0.29, 0.717) is 42.6 Å². The van der Waals surface area contributed by atoms with Crippen LogP contribution in [0.5, 0.6) is 5.75 Å². The van der Waals surface area contributed by atoms with Crippen LogP contribution in [0.2, 0.25) is 0 Å². The average Bonchev–Trinajstić information content (AvgIpc) is 3.07. The van der Waals surface area contributed by atoms with E-state index in [1.165, 1.54) is 14.0 Å². The summed E-state index contributed by atoms with van der Waals surface area (Å²) in [6.07, 6.45) is -0.529. The molecule has 12 nitrogen and oxygen atoms in total. The van der Waals surface area contributed by atoms with Crippen LogP contribution in [-0.4, -0.2) is 56.0 Å². The lowest BCUT2D eigenvalue weighted by atomic mass is 9.86. The van der Waals surface area contributed by atoms with Crippen molar-refractivity contribution in [1.29, 1.82) is 5.41 Å². The minimum absolute atomic E-state index is 0.0944. The molecular weight excluding hydrogens is 606 g/mol. The SMILES string of the molecule is CCOC(=O)OC(C)OC(=O)C1CCC(NC(=O)c2cc(-c3ccc(C(=N)NC(=O)OCc4ccccc4)cc3)ccc2OC)CC1. The van der Waals surface area contributed by atoms with Crippen molar-refractivity contribution in [2.24, 2.45) is 5.92 Å². The van der Waals surface area contributed by atoms with Gasteiger partial charge in [-0.25, -0.2) is 9.59 Å². The lowest BCUT2D eigenvalue weighted by molar-refractivity contribution is -0.173. The van der Waals surface area contributed by atoms with Gasteiger partial charge in [-0.15, -0.1) is 0 Å². The maximum absolute atomic E-state index is 13.4. The van der Waals surface area contributed by atoms with E-state index in [4.69, 9.17) is 29.1 Å². The number of ether oxygens (including phenoxy) is 5. The number of esters is 1. The zero-order valence-corrected chi connectivity index (χ0v) is 26.6. The monoisotopic (exact) mass is 645 g/mol. The second-order valence-corrected chi connectivity index (χ2v) is 10.9. The van der Waals surface area contributed by atoms with Crippen molar-refractivity contribution >= 4 is 30.0 Å². The third-order valence-electron chi connectivity index (χ3n) is 7.59. The number of carbonyl (C=O) groups is 4. The highest BCUT2D eigenvalue weighted by Crippen LogP contribution is 2.29. The summed E-state index contributed by atoms with van der Waals surface area (Å²) in [6.45, 7) is 3.34. The standard InChI is InChI=1S/C35H39N3O9/c1-4-44-35(42)47-22(2)46-33(40)26-14-17-28(18-15-26)37-32(39)29-20-27(16-19-30(29)43-3)24-10-12-25(13-11-24)31(36)38-34(41)45-21-23-8-6-5-7-9-23/h5-13,16,19-20,22,26,28H,4,14-15,17-18,21H2,1-3H3,(H,37,39)(H2,36,38,41). The molecule has 3 N–H and O–H groups in total. The summed E-state index contributed by atoms with van der Waals surface area (Å²) in [5.41, 5.74) is 3.24. The molecule has 1 unspecified atom stereocenters. The van der Waals surface area contributed by atoms with Gasteiger partial charge in [0.1, 0.15) is 18.2 Å². The Morgan fingerprint density at radius 2 is 1.55 bits per heavy atom. The van der Waals surface area contributed by atoms with Crippen LogP contribution < -0.4 is 15.4 Å². The molecule has 3 aromatic carbocycles. The first-order chi connectivity index (χ1) is 22.7. The summed E-state index contributed by atoms with van der Waals surface area (Å²) in [5.74, 6) is -0.819. The normalized spacial score (nSPS) is 16.1. The summed E-state index contributed by atoms with van der Waals surface area (Å²) in [7, 11) is 1.49. The number of carbonyl (C=O) groups excluding carboxylic acids is 4. The number of amides is 2. The number of alkyl carbamates (subject to hydrolysis) is 1. The first-order valence-electron chi connectivity index (χ1n) is 15.4. The molecule has 12 heteroatoms. The van der Waals surface area contributed by atoms with Gasteiger partial charge >= 0.3 is 18.2 Å². The quantitative estimate of drug-likeness (QED) is 0.0750. The summed E-state index contributed by atoms with van der Waals surface area (Å²) in [5, 5.41) is 13.7. The Labute approximate surface area is 273 Å². The first kappa shape index (κ1) is 34.5. The molecule has 3 aromatic rings. The molecular formula is C35H39N3O9. The second kappa shape index (κ2) is 16.8. The van der Waals surface area contributed by atoms with Gasteiger partial charge in [-0.2, -0.15) is 0 Å². The number of amidine groups is 1. The zero-order chi connectivity index (χ0) is 33.8. The molecule has 0 heterocycles. The number of hydrogen-bond acceptors (Lipinski definition) is 10. The van der Waals surface area contributed by atoms with Crippen molar-refractivity contribution in [3.63, 3.8) is 0 Å². The second-order valence-electron chi connectivity index (χ2n) is 10.9. The third-order valence-corrected chi connectivity index (χ3v) is 7.59. The molecule has 47 heavy (non-hydrogen) atoms. The van der Waals surface area contributed by atoms with Crippen LogP contribution in [0.1, 0.15) is 61.0 Å². The number of rotatable bonds is 11. The molecule has 0 bridgehead atoms. The van der Waals surface area contributed by atoms with Gasteiger partial charge in [0.05, 0.1) is 25.2 Å². The van der Waals surface area contributed by atoms with Crippen LogP contribution in [0.25, 0.3) is 11.1 Å². The summed E-state index contributed by atoms with van der Waals surface area (Å²) < 4.78 is 25.5. The summed E-state index contributed by atoms with van der Waals surface area (Å²) in [6, 6.07) is 21.4. The highest BCUT2D eigenvalue weighted by molar-refractivity contribution is 6.04. The topological polar surface area (TPSA) is 162 Å². The Kier molecular flexibility index (Phi) is 12.3. The van der Waals surface area contributed by atoms with Gasteiger partial charge in [0.25, 0.3) is 5.91 Å². The Bertz CT molecular complexity index is 1550. The fraction of sp³-hybridized carbons (Fsp3) is 0.343. The van der Waals surface area contributed by atoms with E-state index < -0.39 is 24.5 Å². The number of nitrogens with one attached hydrogen (secondary N) is 3. The maximum atomic E-state index is 13.4. The van der Waals surface area contributed by atoms with Gasteiger partial charge in [0, 0.05) is 18.5 Å². The van der Waals surface area contributed by atoms with Crippen molar-refractivity contribution < 1.29 is 42.9 Å². The smallest absolute Gasteiger partial charge is 0.496 e. The molecule has 248 valence electrons. The van der Waals surface area contributed by atoms with E-state index >= 15 is 0 Å². The van der Waals surface area contributed by atoms with Crippen molar-refractivity contribution in [3.05, 3.63) is 89.5 Å². The fourth-order valence-electron chi connectivity index (χ4n) is 5.14. The highest BCUT2D eigenvalue weighted by Gasteiger charge is 2.30.